The van der Waals surface area contributed by atoms with Gasteiger partial charge in [0.15, 0.2) is 0 Å². The Morgan fingerprint density at radius 2 is 2.05 bits per heavy atom. The molecule has 1 rings (SSSR count). The highest BCUT2D eigenvalue weighted by atomic mass is 19.1. The van der Waals surface area contributed by atoms with Crippen LogP contribution in [0.2, 0.25) is 0 Å². The van der Waals surface area contributed by atoms with E-state index >= 15 is 0 Å². The van der Waals surface area contributed by atoms with Gasteiger partial charge in [-0.1, -0.05) is 33.3 Å². The quantitative estimate of drug-likeness (QED) is 0.750. The highest BCUT2D eigenvalue weighted by Gasteiger charge is 2.22. The van der Waals surface area contributed by atoms with Crippen molar-refractivity contribution in [3.8, 4) is 0 Å². The number of hydrogen-bond acceptors (Lipinski definition) is 1. The molecule has 106 valence electrons. The number of benzene rings is 1. The van der Waals surface area contributed by atoms with E-state index in [1.807, 2.05) is 20.8 Å². The van der Waals surface area contributed by atoms with Crippen LogP contribution in [0.4, 0.5) is 10.1 Å². The van der Waals surface area contributed by atoms with Gasteiger partial charge in [0.2, 0.25) is 5.91 Å². The number of carbonyl (C=O) groups is 1. The first kappa shape index (κ1) is 15.7. The van der Waals surface area contributed by atoms with E-state index in [1.54, 1.807) is 17.0 Å². The van der Waals surface area contributed by atoms with Crippen molar-refractivity contribution in [2.75, 3.05) is 11.4 Å². The standard InChI is InChI=1S/C16H24FNO/c1-5-7-10-18(16(19)13(4)6-2)15-11-12(3)8-9-14(15)17/h8-9,11,13H,5-7,10H2,1-4H3. The van der Waals surface area contributed by atoms with E-state index in [2.05, 4.69) is 6.92 Å². The second-order valence-electron chi connectivity index (χ2n) is 5.11. The zero-order valence-corrected chi connectivity index (χ0v) is 12.4. The summed E-state index contributed by atoms with van der Waals surface area (Å²) in [5.41, 5.74) is 1.38. The topological polar surface area (TPSA) is 20.3 Å². The molecule has 0 bridgehead atoms. The van der Waals surface area contributed by atoms with Gasteiger partial charge in [-0.15, -0.1) is 0 Å². The van der Waals surface area contributed by atoms with Gasteiger partial charge >= 0.3 is 0 Å². The third kappa shape index (κ3) is 4.05. The van der Waals surface area contributed by atoms with Crippen molar-refractivity contribution in [3.63, 3.8) is 0 Å². The van der Waals surface area contributed by atoms with Gasteiger partial charge in [0.25, 0.3) is 0 Å². The molecule has 0 radical (unpaired) electrons. The molecular weight excluding hydrogens is 241 g/mol. The molecule has 0 aromatic heterocycles. The third-order valence-electron chi connectivity index (χ3n) is 3.43. The summed E-state index contributed by atoms with van der Waals surface area (Å²) in [7, 11) is 0. The molecule has 0 fully saturated rings. The first-order chi connectivity index (χ1) is 9.01. The summed E-state index contributed by atoms with van der Waals surface area (Å²) in [4.78, 5) is 14.0. The lowest BCUT2D eigenvalue weighted by Gasteiger charge is -2.26. The van der Waals surface area contributed by atoms with Gasteiger partial charge in [-0.3, -0.25) is 4.79 Å². The number of rotatable bonds is 6. The lowest BCUT2D eigenvalue weighted by molar-refractivity contribution is -0.122. The monoisotopic (exact) mass is 265 g/mol. The second kappa shape index (κ2) is 7.27. The van der Waals surface area contributed by atoms with Gasteiger partial charge in [0.05, 0.1) is 5.69 Å². The fraction of sp³-hybridized carbons (Fsp3) is 0.562. The minimum Gasteiger partial charge on any atom is -0.309 e. The molecule has 1 aromatic carbocycles. The number of aryl methyl sites for hydroxylation is 1. The van der Waals surface area contributed by atoms with Crippen molar-refractivity contribution in [2.45, 2.75) is 47.0 Å². The number of carbonyl (C=O) groups excluding carboxylic acids is 1. The van der Waals surface area contributed by atoms with Crippen molar-refractivity contribution >= 4 is 11.6 Å². The van der Waals surface area contributed by atoms with Crippen LogP contribution in [0.15, 0.2) is 18.2 Å². The highest BCUT2D eigenvalue weighted by molar-refractivity contribution is 5.95. The van der Waals surface area contributed by atoms with Crippen molar-refractivity contribution in [2.24, 2.45) is 5.92 Å². The summed E-state index contributed by atoms with van der Waals surface area (Å²) in [6, 6.07) is 4.92. The Morgan fingerprint density at radius 3 is 2.63 bits per heavy atom. The second-order valence-corrected chi connectivity index (χ2v) is 5.11. The summed E-state index contributed by atoms with van der Waals surface area (Å²) >= 11 is 0. The molecule has 0 saturated carbocycles. The van der Waals surface area contributed by atoms with Crippen molar-refractivity contribution in [1.82, 2.24) is 0 Å². The van der Waals surface area contributed by atoms with Gasteiger partial charge in [-0.2, -0.15) is 0 Å². The Hall–Kier alpha value is -1.38. The highest BCUT2D eigenvalue weighted by Crippen LogP contribution is 2.23. The minimum atomic E-state index is -0.321. The maximum Gasteiger partial charge on any atom is 0.229 e. The fourth-order valence-corrected chi connectivity index (χ4v) is 1.94. The van der Waals surface area contributed by atoms with E-state index in [4.69, 9.17) is 0 Å². The Balaban J connectivity index is 3.08. The molecule has 0 saturated heterocycles. The summed E-state index contributed by atoms with van der Waals surface area (Å²) in [6.45, 7) is 8.44. The van der Waals surface area contributed by atoms with Crippen LogP contribution in [0.3, 0.4) is 0 Å². The number of amides is 1. The SMILES string of the molecule is CCCCN(C(=O)C(C)CC)c1cc(C)ccc1F. The number of anilines is 1. The Morgan fingerprint density at radius 1 is 1.37 bits per heavy atom. The zero-order chi connectivity index (χ0) is 14.4. The van der Waals surface area contributed by atoms with Gasteiger partial charge in [-0.05, 0) is 37.5 Å². The lowest BCUT2D eigenvalue weighted by atomic mass is 10.1. The van der Waals surface area contributed by atoms with E-state index in [-0.39, 0.29) is 17.6 Å². The molecule has 1 amide bonds. The summed E-state index contributed by atoms with van der Waals surface area (Å²) in [5, 5.41) is 0. The normalized spacial score (nSPS) is 12.3. The number of halogens is 1. The molecule has 0 N–H and O–H groups in total. The Kier molecular flexibility index (Phi) is 6.00. The van der Waals surface area contributed by atoms with Crippen LogP contribution in [0.25, 0.3) is 0 Å². The Labute approximate surface area is 115 Å². The van der Waals surface area contributed by atoms with Crippen molar-refractivity contribution in [1.29, 1.82) is 0 Å². The van der Waals surface area contributed by atoms with E-state index < -0.39 is 0 Å². The molecule has 0 aliphatic carbocycles. The van der Waals surface area contributed by atoms with Crippen LogP contribution in [0, 0.1) is 18.7 Å². The summed E-state index contributed by atoms with van der Waals surface area (Å²) < 4.78 is 14.0. The number of nitrogens with zero attached hydrogens (tertiary/aromatic N) is 1. The molecule has 0 aliphatic heterocycles. The van der Waals surface area contributed by atoms with E-state index in [9.17, 15) is 9.18 Å². The number of unbranched alkanes of at least 4 members (excludes halogenated alkanes) is 1. The molecule has 19 heavy (non-hydrogen) atoms. The molecule has 1 atom stereocenters. The van der Waals surface area contributed by atoms with E-state index in [0.717, 1.165) is 24.8 Å². The largest absolute Gasteiger partial charge is 0.309 e. The maximum absolute atomic E-state index is 14.0. The average molecular weight is 265 g/mol. The van der Waals surface area contributed by atoms with Crippen LogP contribution < -0.4 is 4.90 Å². The maximum atomic E-state index is 14.0. The molecule has 0 aliphatic rings. The van der Waals surface area contributed by atoms with E-state index in [0.29, 0.717) is 12.2 Å². The van der Waals surface area contributed by atoms with E-state index in [1.165, 1.54) is 6.07 Å². The van der Waals surface area contributed by atoms with Crippen LogP contribution >= 0.6 is 0 Å². The molecule has 3 heteroatoms. The predicted molar refractivity (Wildman–Crippen MR) is 77.9 cm³/mol. The molecule has 1 unspecified atom stereocenters. The predicted octanol–water partition coefficient (Wildman–Crippen LogP) is 4.31. The Bertz CT molecular complexity index is 431. The van der Waals surface area contributed by atoms with Crippen LogP contribution in [-0.4, -0.2) is 12.5 Å². The lowest BCUT2D eigenvalue weighted by Crippen LogP contribution is -2.36. The van der Waals surface area contributed by atoms with Crippen molar-refractivity contribution < 1.29 is 9.18 Å². The van der Waals surface area contributed by atoms with Crippen LogP contribution in [0.1, 0.15) is 45.6 Å². The molecule has 0 heterocycles. The third-order valence-corrected chi connectivity index (χ3v) is 3.43. The zero-order valence-electron chi connectivity index (χ0n) is 12.4. The first-order valence-corrected chi connectivity index (χ1v) is 7.08. The smallest absolute Gasteiger partial charge is 0.229 e. The van der Waals surface area contributed by atoms with Gasteiger partial charge in [0, 0.05) is 12.5 Å². The number of hydrogen-bond donors (Lipinski definition) is 0. The van der Waals surface area contributed by atoms with Crippen LogP contribution in [0.5, 0.6) is 0 Å². The molecular formula is C16H24FNO. The summed E-state index contributed by atoms with van der Waals surface area (Å²) in [6.07, 6.45) is 2.64. The minimum absolute atomic E-state index is 0.0143. The molecule has 2 nitrogen and oxygen atoms in total. The van der Waals surface area contributed by atoms with Gasteiger partial charge in [-0.25, -0.2) is 4.39 Å². The van der Waals surface area contributed by atoms with Crippen LogP contribution in [-0.2, 0) is 4.79 Å². The van der Waals surface area contributed by atoms with Gasteiger partial charge < -0.3 is 4.90 Å². The molecule has 0 spiro atoms. The van der Waals surface area contributed by atoms with Gasteiger partial charge in [0.1, 0.15) is 5.82 Å². The molecule has 1 aromatic rings. The summed E-state index contributed by atoms with van der Waals surface area (Å²) in [5.74, 6) is -0.379. The van der Waals surface area contributed by atoms with Crippen molar-refractivity contribution in [3.05, 3.63) is 29.6 Å². The fourth-order valence-electron chi connectivity index (χ4n) is 1.94. The average Bonchev–Trinajstić information content (AvgIpc) is 2.41. The first-order valence-electron chi connectivity index (χ1n) is 7.08.